The van der Waals surface area contributed by atoms with Crippen LogP contribution in [0.5, 0.6) is 0 Å². The van der Waals surface area contributed by atoms with E-state index in [0.717, 1.165) is 43.8 Å². The predicted octanol–water partition coefficient (Wildman–Crippen LogP) is 1.81. The molecule has 1 aromatic carbocycles. The van der Waals surface area contributed by atoms with Crippen LogP contribution in [0.25, 0.3) is 10.9 Å². The maximum absolute atomic E-state index is 13.9. The molecular formula is C18H24FN5O. The van der Waals surface area contributed by atoms with Crippen molar-refractivity contribution >= 4 is 22.6 Å². The number of amides is 1. The van der Waals surface area contributed by atoms with Gasteiger partial charge in [-0.3, -0.25) is 9.69 Å². The van der Waals surface area contributed by atoms with Gasteiger partial charge in [-0.1, -0.05) is 13.0 Å². The number of hydrogen-bond acceptors (Lipinski definition) is 5. The van der Waals surface area contributed by atoms with Crippen LogP contribution in [0, 0.1) is 5.82 Å². The largest absolute Gasteiger partial charge is 0.353 e. The Morgan fingerprint density at radius 1 is 1.28 bits per heavy atom. The fourth-order valence-corrected chi connectivity index (χ4v) is 3.03. The number of rotatable bonds is 5. The van der Waals surface area contributed by atoms with Crippen molar-refractivity contribution < 1.29 is 9.18 Å². The van der Waals surface area contributed by atoms with Crippen LogP contribution < -0.4 is 10.2 Å². The molecule has 1 unspecified atom stereocenters. The number of carbonyl (C=O) groups is 1. The minimum atomic E-state index is -0.332. The lowest BCUT2D eigenvalue weighted by Crippen LogP contribution is -2.50. The maximum Gasteiger partial charge on any atom is 0.234 e. The zero-order valence-corrected chi connectivity index (χ0v) is 14.7. The molecule has 2 aromatic rings. The second-order valence-corrected chi connectivity index (χ2v) is 6.47. The van der Waals surface area contributed by atoms with Crippen LogP contribution >= 0.6 is 0 Å². The first-order valence-corrected chi connectivity index (χ1v) is 8.74. The molecule has 6 nitrogen and oxygen atoms in total. The molecule has 1 amide bonds. The van der Waals surface area contributed by atoms with Crippen LogP contribution in [-0.2, 0) is 4.79 Å². The number of nitrogens with one attached hydrogen (secondary N) is 1. The molecule has 1 fully saturated rings. The molecule has 1 N–H and O–H groups in total. The van der Waals surface area contributed by atoms with Gasteiger partial charge in [0.1, 0.15) is 23.5 Å². The standard InChI is InChI=1S/C18H24FN5O/c1-3-13(2)22-16(25)11-23-7-9-24(10-8-23)18-14-5-4-6-15(19)17(14)20-12-21-18/h4-6,12-13H,3,7-11H2,1-2H3,(H,22,25). The van der Waals surface area contributed by atoms with E-state index in [-0.39, 0.29) is 17.8 Å². The number of nitrogens with zero attached hydrogens (tertiary/aromatic N) is 4. The summed E-state index contributed by atoms with van der Waals surface area (Å²) >= 11 is 0. The molecule has 0 saturated carbocycles. The van der Waals surface area contributed by atoms with Gasteiger partial charge < -0.3 is 10.2 Å². The second kappa shape index (κ2) is 7.74. The Morgan fingerprint density at radius 2 is 2.04 bits per heavy atom. The van der Waals surface area contributed by atoms with E-state index in [4.69, 9.17) is 0 Å². The third-order valence-corrected chi connectivity index (χ3v) is 4.65. The van der Waals surface area contributed by atoms with Crippen molar-refractivity contribution in [3.63, 3.8) is 0 Å². The smallest absolute Gasteiger partial charge is 0.234 e. The minimum absolute atomic E-state index is 0.0670. The van der Waals surface area contributed by atoms with Crippen molar-refractivity contribution in [2.24, 2.45) is 0 Å². The quantitative estimate of drug-likeness (QED) is 0.895. The summed E-state index contributed by atoms with van der Waals surface area (Å²) in [6, 6.07) is 5.14. The van der Waals surface area contributed by atoms with E-state index in [0.29, 0.717) is 12.1 Å². The number of para-hydroxylation sites is 1. The van der Waals surface area contributed by atoms with Gasteiger partial charge in [0.05, 0.1) is 6.54 Å². The number of fused-ring (bicyclic) bond motifs is 1. The number of anilines is 1. The summed E-state index contributed by atoms with van der Waals surface area (Å²) in [4.78, 5) is 24.7. The van der Waals surface area contributed by atoms with Gasteiger partial charge in [-0.25, -0.2) is 14.4 Å². The van der Waals surface area contributed by atoms with Gasteiger partial charge in [0.25, 0.3) is 0 Å². The first-order valence-electron chi connectivity index (χ1n) is 8.74. The van der Waals surface area contributed by atoms with E-state index in [1.165, 1.54) is 12.4 Å². The predicted molar refractivity (Wildman–Crippen MR) is 96.0 cm³/mol. The number of piperazine rings is 1. The Balaban J connectivity index is 1.63. The van der Waals surface area contributed by atoms with Crippen molar-refractivity contribution in [2.45, 2.75) is 26.3 Å². The van der Waals surface area contributed by atoms with E-state index in [2.05, 4.69) is 32.0 Å². The zero-order valence-electron chi connectivity index (χ0n) is 14.7. The van der Waals surface area contributed by atoms with Crippen molar-refractivity contribution in [2.75, 3.05) is 37.6 Å². The van der Waals surface area contributed by atoms with Crippen LogP contribution in [0.4, 0.5) is 10.2 Å². The molecule has 2 heterocycles. The van der Waals surface area contributed by atoms with Gasteiger partial charge in [-0.05, 0) is 25.5 Å². The Bertz CT molecular complexity index is 745. The molecule has 7 heteroatoms. The molecule has 1 aliphatic rings. The van der Waals surface area contributed by atoms with Crippen LogP contribution in [-0.4, -0.2) is 59.5 Å². The van der Waals surface area contributed by atoms with E-state index in [1.807, 2.05) is 13.0 Å². The minimum Gasteiger partial charge on any atom is -0.353 e. The highest BCUT2D eigenvalue weighted by Gasteiger charge is 2.22. The SMILES string of the molecule is CCC(C)NC(=O)CN1CCN(c2ncnc3c(F)cccc23)CC1. The maximum atomic E-state index is 13.9. The first kappa shape index (κ1) is 17.5. The molecule has 1 atom stereocenters. The highest BCUT2D eigenvalue weighted by Crippen LogP contribution is 2.25. The molecule has 134 valence electrons. The lowest BCUT2D eigenvalue weighted by molar-refractivity contribution is -0.122. The van der Waals surface area contributed by atoms with Gasteiger partial charge in [0.15, 0.2) is 0 Å². The lowest BCUT2D eigenvalue weighted by atomic mass is 10.2. The van der Waals surface area contributed by atoms with E-state index in [9.17, 15) is 9.18 Å². The first-order chi connectivity index (χ1) is 12.1. The third-order valence-electron chi connectivity index (χ3n) is 4.65. The summed E-state index contributed by atoms with van der Waals surface area (Å²) in [5.74, 6) is 0.493. The fraction of sp³-hybridized carbons (Fsp3) is 0.500. The monoisotopic (exact) mass is 345 g/mol. The van der Waals surface area contributed by atoms with Crippen LogP contribution in [0.2, 0.25) is 0 Å². The molecular weight excluding hydrogens is 321 g/mol. The van der Waals surface area contributed by atoms with Crippen LogP contribution in [0.1, 0.15) is 20.3 Å². The number of carbonyl (C=O) groups excluding carboxylic acids is 1. The lowest BCUT2D eigenvalue weighted by Gasteiger charge is -2.35. The summed E-state index contributed by atoms with van der Waals surface area (Å²) in [6.07, 6.45) is 2.34. The Hall–Kier alpha value is -2.28. The summed E-state index contributed by atoms with van der Waals surface area (Å²) in [7, 11) is 0. The Morgan fingerprint density at radius 3 is 2.76 bits per heavy atom. The molecule has 0 radical (unpaired) electrons. The van der Waals surface area contributed by atoms with E-state index in [1.54, 1.807) is 6.07 Å². The summed E-state index contributed by atoms with van der Waals surface area (Å²) in [5.41, 5.74) is 0.350. The Kier molecular flexibility index (Phi) is 5.43. The normalized spacial score (nSPS) is 16.8. The molecule has 1 aliphatic heterocycles. The number of hydrogen-bond donors (Lipinski definition) is 1. The van der Waals surface area contributed by atoms with E-state index < -0.39 is 0 Å². The second-order valence-electron chi connectivity index (χ2n) is 6.47. The van der Waals surface area contributed by atoms with Crippen LogP contribution in [0.3, 0.4) is 0 Å². The highest BCUT2D eigenvalue weighted by molar-refractivity contribution is 5.89. The molecule has 3 rings (SSSR count). The molecule has 1 saturated heterocycles. The van der Waals surface area contributed by atoms with Crippen LogP contribution in [0.15, 0.2) is 24.5 Å². The summed E-state index contributed by atoms with van der Waals surface area (Å²) in [5, 5.41) is 3.72. The van der Waals surface area contributed by atoms with E-state index >= 15 is 0 Å². The number of benzene rings is 1. The molecule has 0 bridgehead atoms. The fourth-order valence-electron chi connectivity index (χ4n) is 3.03. The molecule has 1 aromatic heterocycles. The molecule has 0 aliphatic carbocycles. The van der Waals surface area contributed by atoms with Crippen molar-refractivity contribution in [3.8, 4) is 0 Å². The van der Waals surface area contributed by atoms with Crippen molar-refractivity contribution in [1.82, 2.24) is 20.2 Å². The average molecular weight is 345 g/mol. The Labute approximate surface area is 147 Å². The summed E-state index contributed by atoms with van der Waals surface area (Å²) in [6.45, 7) is 7.52. The van der Waals surface area contributed by atoms with Crippen molar-refractivity contribution in [3.05, 3.63) is 30.3 Å². The highest BCUT2D eigenvalue weighted by atomic mass is 19.1. The van der Waals surface area contributed by atoms with Gasteiger partial charge in [-0.2, -0.15) is 0 Å². The summed E-state index contributed by atoms with van der Waals surface area (Å²) < 4.78 is 13.9. The topological polar surface area (TPSA) is 61.4 Å². The van der Waals surface area contributed by atoms with Gasteiger partial charge in [0, 0.05) is 37.6 Å². The number of aromatic nitrogens is 2. The van der Waals surface area contributed by atoms with Gasteiger partial charge in [0.2, 0.25) is 5.91 Å². The van der Waals surface area contributed by atoms with Crippen molar-refractivity contribution in [1.29, 1.82) is 0 Å². The molecule has 0 spiro atoms. The average Bonchev–Trinajstić information content (AvgIpc) is 2.62. The number of halogens is 1. The third kappa shape index (κ3) is 4.04. The molecule has 25 heavy (non-hydrogen) atoms. The van der Waals surface area contributed by atoms with Gasteiger partial charge in [-0.15, -0.1) is 0 Å². The zero-order chi connectivity index (χ0) is 17.8. The van der Waals surface area contributed by atoms with Gasteiger partial charge >= 0.3 is 0 Å².